The number of hydrogen-bond acceptors (Lipinski definition) is 6. The number of hydrogen-bond donors (Lipinski definition) is 1. The highest BCUT2D eigenvalue weighted by molar-refractivity contribution is 5.75. The van der Waals surface area contributed by atoms with E-state index in [1.54, 1.807) is 19.0 Å². The van der Waals surface area contributed by atoms with Crippen LogP contribution in [-0.2, 0) is 6.42 Å². The summed E-state index contributed by atoms with van der Waals surface area (Å²) in [5.41, 5.74) is 1.78. The zero-order valence-electron chi connectivity index (χ0n) is 20.4. The zero-order valence-corrected chi connectivity index (χ0v) is 20.4. The number of amides is 2. The van der Waals surface area contributed by atoms with Gasteiger partial charge in [0.15, 0.2) is 23.2 Å². The normalized spacial score (nSPS) is 20.4. The Kier molecular flexibility index (Phi) is 6.37. The fourth-order valence-corrected chi connectivity index (χ4v) is 4.75. The van der Waals surface area contributed by atoms with E-state index in [-0.39, 0.29) is 23.9 Å². The molecule has 1 atom stereocenters. The number of urea groups is 1. The number of anilines is 2. The van der Waals surface area contributed by atoms with Crippen LogP contribution in [0.25, 0.3) is 0 Å². The molecule has 2 aromatic rings. The number of nitrogens with one attached hydrogen (secondary N) is 1. The van der Waals surface area contributed by atoms with Crippen LogP contribution in [0.15, 0.2) is 18.2 Å². The van der Waals surface area contributed by atoms with E-state index in [1.165, 1.54) is 12.1 Å². The number of piperidine rings is 1. The van der Waals surface area contributed by atoms with Gasteiger partial charge in [0.05, 0.1) is 17.4 Å². The molecule has 1 saturated heterocycles. The molecule has 1 aromatic carbocycles. The molecule has 2 fully saturated rings. The standard InChI is InChI=1S/C25H32F2N6O2/c1-15-22-20(10-13-33(15)25(34)31(2)3)29-23(28-17-5-6-17)24(30-22)32-11-8-18(9-12-32)35-21-7-4-16(26)14-19(21)27/h4,7,14-15,17-18H,5-6,8-13H2,1-3H3,(H,28,29). The summed E-state index contributed by atoms with van der Waals surface area (Å²) in [6.45, 7) is 3.97. The number of rotatable bonds is 5. The molecule has 2 amide bonds. The first kappa shape index (κ1) is 23.6. The minimum Gasteiger partial charge on any atom is -0.487 e. The molecule has 0 radical (unpaired) electrons. The van der Waals surface area contributed by atoms with Crippen LogP contribution in [0.1, 0.15) is 50.0 Å². The minimum atomic E-state index is -0.685. The van der Waals surface area contributed by atoms with Crippen LogP contribution in [0.2, 0.25) is 0 Å². The predicted molar refractivity (Wildman–Crippen MR) is 129 cm³/mol. The molecule has 1 unspecified atom stereocenters. The Hall–Kier alpha value is -3.17. The number of nitrogens with zero attached hydrogens (tertiary/aromatic N) is 5. The summed E-state index contributed by atoms with van der Waals surface area (Å²) in [5, 5.41) is 3.54. The second kappa shape index (κ2) is 9.47. The molecule has 8 nitrogen and oxygen atoms in total. The van der Waals surface area contributed by atoms with E-state index in [0.29, 0.717) is 44.9 Å². The number of benzene rings is 1. The van der Waals surface area contributed by atoms with Crippen molar-refractivity contribution in [3.63, 3.8) is 0 Å². The summed E-state index contributed by atoms with van der Waals surface area (Å²) in [6, 6.07) is 3.61. The molecule has 2 aliphatic heterocycles. The van der Waals surface area contributed by atoms with Gasteiger partial charge in [-0.15, -0.1) is 0 Å². The highest BCUT2D eigenvalue weighted by Gasteiger charge is 2.34. The molecular formula is C25H32F2N6O2. The zero-order chi connectivity index (χ0) is 24.7. The Morgan fingerprint density at radius 3 is 2.51 bits per heavy atom. The maximum absolute atomic E-state index is 14.0. The molecule has 3 aliphatic rings. The van der Waals surface area contributed by atoms with Crippen molar-refractivity contribution in [3.8, 4) is 5.75 Å². The van der Waals surface area contributed by atoms with E-state index in [0.717, 1.165) is 41.9 Å². The SMILES string of the molecule is CC1c2nc(N3CCC(Oc4ccc(F)cc4F)CC3)c(NC3CC3)nc2CCN1C(=O)N(C)C. The van der Waals surface area contributed by atoms with Gasteiger partial charge in [-0.3, -0.25) is 0 Å². The maximum atomic E-state index is 14.0. The minimum absolute atomic E-state index is 0.0299. The first-order chi connectivity index (χ1) is 16.8. The fraction of sp³-hybridized carbons (Fsp3) is 0.560. The van der Waals surface area contributed by atoms with Crippen LogP contribution in [0.4, 0.5) is 25.2 Å². The molecule has 0 spiro atoms. The molecule has 1 saturated carbocycles. The summed E-state index contributed by atoms with van der Waals surface area (Å²) in [7, 11) is 3.52. The molecule has 1 aromatic heterocycles. The van der Waals surface area contributed by atoms with Crippen molar-refractivity contribution in [1.82, 2.24) is 19.8 Å². The van der Waals surface area contributed by atoms with Gasteiger partial charge in [-0.2, -0.15) is 0 Å². The van der Waals surface area contributed by atoms with Gasteiger partial charge in [-0.25, -0.2) is 23.5 Å². The lowest BCUT2D eigenvalue weighted by Gasteiger charge is -2.38. The molecule has 188 valence electrons. The number of carbonyl (C=O) groups excluding carboxylic acids is 1. The van der Waals surface area contributed by atoms with Crippen molar-refractivity contribution in [2.45, 2.75) is 57.2 Å². The van der Waals surface area contributed by atoms with Crippen LogP contribution in [0.5, 0.6) is 5.75 Å². The van der Waals surface area contributed by atoms with Crippen LogP contribution in [0.3, 0.4) is 0 Å². The Balaban J connectivity index is 1.34. The average Bonchev–Trinajstić information content (AvgIpc) is 3.65. The Bertz CT molecular complexity index is 1100. The Morgan fingerprint density at radius 1 is 1.11 bits per heavy atom. The second-order valence-corrected chi connectivity index (χ2v) is 9.82. The highest BCUT2D eigenvalue weighted by atomic mass is 19.1. The Labute approximate surface area is 204 Å². The number of carbonyl (C=O) groups is 1. The topological polar surface area (TPSA) is 73.8 Å². The molecule has 5 rings (SSSR count). The fourth-order valence-electron chi connectivity index (χ4n) is 4.75. The van der Waals surface area contributed by atoms with Crippen LogP contribution in [-0.4, -0.2) is 71.7 Å². The third kappa shape index (κ3) is 4.97. The monoisotopic (exact) mass is 486 g/mol. The summed E-state index contributed by atoms with van der Waals surface area (Å²) >= 11 is 0. The number of halogens is 2. The van der Waals surface area contributed by atoms with Crippen LogP contribution >= 0.6 is 0 Å². The first-order valence-electron chi connectivity index (χ1n) is 12.3. The number of aromatic nitrogens is 2. The van der Waals surface area contributed by atoms with E-state index in [2.05, 4.69) is 10.2 Å². The quantitative estimate of drug-likeness (QED) is 0.689. The molecule has 35 heavy (non-hydrogen) atoms. The van der Waals surface area contributed by atoms with Gasteiger partial charge in [0.25, 0.3) is 0 Å². The van der Waals surface area contributed by atoms with Crippen molar-refractivity contribution < 1.29 is 18.3 Å². The predicted octanol–water partition coefficient (Wildman–Crippen LogP) is 3.98. The van der Waals surface area contributed by atoms with Gasteiger partial charge in [0, 0.05) is 65.1 Å². The average molecular weight is 487 g/mol. The molecule has 10 heteroatoms. The summed E-state index contributed by atoms with van der Waals surface area (Å²) < 4.78 is 33.1. The third-order valence-electron chi connectivity index (χ3n) is 6.91. The lowest BCUT2D eigenvalue weighted by molar-refractivity contribution is 0.147. The van der Waals surface area contributed by atoms with Crippen molar-refractivity contribution in [2.24, 2.45) is 0 Å². The van der Waals surface area contributed by atoms with E-state index in [4.69, 9.17) is 14.7 Å². The second-order valence-electron chi connectivity index (χ2n) is 9.82. The molecular weight excluding hydrogens is 454 g/mol. The van der Waals surface area contributed by atoms with Crippen LogP contribution in [0, 0.1) is 11.6 Å². The van der Waals surface area contributed by atoms with Gasteiger partial charge in [0.1, 0.15) is 11.9 Å². The first-order valence-corrected chi connectivity index (χ1v) is 12.3. The largest absolute Gasteiger partial charge is 0.487 e. The molecule has 1 aliphatic carbocycles. The number of fused-ring (bicyclic) bond motifs is 1. The van der Waals surface area contributed by atoms with Crippen molar-refractivity contribution in [2.75, 3.05) is 43.9 Å². The lowest BCUT2D eigenvalue weighted by Crippen LogP contribution is -2.45. The molecule has 0 bridgehead atoms. The summed E-state index contributed by atoms with van der Waals surface area (Å²) in [5.74, 6) is 0.373. The van der Waals surface area contributed by atoms with Crippen LogP contribution < -0.4 is 15.0 Å². The smallest absolute Gasteiger partial charge is 0.320 e. The summed E-state index contributed by atoms with van der Waals surface area (Å²) in [4.78, 5) is 28.3. The maximum Gasteiger partial charge on any atom is 0.320 e. The summed E-state index contributed by atoms with van der Waals surface area (Å²) in [6.07, 6.45) is 4.12. The number of ether oxygens (including phenoxy) is 1. The van der Waals surface area contributed by atoms with E-state index in [9.17, 15) is 13.6 Å². The lowest BCUT2D eigenvalue weighted by atomic mass is 10.0. The van der Waals surface area contributed by atoms with E-state index < -0.39 is 11.6 Å². The van der Waals surface area contributed by atoms with Crippen molar-refractivity contribution >= 4 is 17.7 Å². The van der Waals surface area contributed by atoms with Gasteiger partial charge < -0.3 is 24.8 Å². The van der Waals surface area contributed by atoms with E-state index >= 15 is 0 Å². The molecule has 1 N–H and O–H groups in total. The third-order valence-corrected chi connectivity index (χ3v) is 6.91. The highest BCUT2D eigenvalue weighted by Crippen LogP contribution is 2.36. The van der Waals surface area contributed by atoms with Gasteiger partial charge >= 0.3 is 6.03 Å². The Morgan fingerprint density at radius 2 is 1.86 bits per heavy atom. The van der Waals surface area contributed by atoms with Gasteiger partial charge in [-0.05, 0) is 31.9 Å². The van der Waals surface area contributed by atoms with E-state index in [1.807, 2.05) is 11.8 Å². The van der Waals surface area contributed by atoms with Gasteiger partial charge in [-0.1, -0.05) is 0 Å². The molecule has 3 heterocycles. The van der Waals surface area contributed by atoms with Crippen molar-refractivity contribution in [1.29, 1.82) is 0 Å². The van der Waals surface area contributed by atoms with Gasteiger partial charge in [0.2, 0.25) is 0 Å². The van der Waals surface area contributed by atoms with Crippen molar-refractivity contribution in [3.05, 3.63) is 41.2 Å².